The van der Waals surface area contributed by atoms with E-state index in [9.17, 15) is 27.6 Å². The van der Waals surface area contributed by atoms with Gasteiger partial charge in [0.05, 0.1) is 12.4 Å². The van der Waals surface area contributed by atoms with Crippen molar-refractivity contribution in [1.82, 2.24) is 20.5 Å². The van der Waals surface area contributed by atoms with Crippen molar-refractivity contribution in [3.63, 3.8) is 0 Å². The van der Waals surface area contributed by atoms with Crippen LogP contribution in [0.5, 0.6) is 0 Å². The first-order valence-corrected chi connectivity index (χ1v) is 12.5. The van der Waals surface area contributed by atoms with E-state index in [2.05, 4.69) is 10.9 Å². The molecule has 12 heteroatoms. The lowest BCUT2D eigenvalue weighted by Crippen LogP contribution is -2.58. The van der Waals surface area contributed by atoms with Gasteiger partial charge in [0.2, 0.25) is 5.91 Å². The molecular weight excluding hydrogens is 501 g/mol. The Bertz CT molecular complexity index is 1230. The molecule has 9 nitrogen and oxygen atoms in total. The minimum Gasteiger partial charge on any atom is -0.345 e. The van der Waals surface area contributed by atoms with E-state index in [0.29, 0.717) is 38.0 Å². The first-order valence-electron chi connectivity index (χ1n) is 12.5. The van der Waals surface area contributed by atoms with Crippen LogP contribution in [-0.2, 0) is 16.1 Å². The molecule has 2 fully saturated rings. The monoisotopic (exact) mass is 530 g/mol. The number of para-hydroxylation sites is 1. The van der Waals surface area contributed by atoms with E-state index in [1.165, 1.54) is 11.8 Å². The molecule has 38 heavy (non-hydrogen) atoms. The number of hydrogen-bond acceptors (Lipinski definition) is 6. The van der Waals surface area contributed by atoms with Crippen molar-refractivity contribution in [3.8, 4) is 0 Å². The van der Waals surface area contributed by atoms with Crippen LogP contribution in [0.25, 0.3) is 0 Å². The molecular formula is C26H29F3N6O3. The van der Waals surface area contributed by atoms with Gasteiger partial charge in [-0.2, -0.15) is 13.2 Å². The maximum atomic E-state index is 13.9. The Kier molecular flexibility index (Phi) is 6.68. The zero-order chi connectivity index (χ0) is 27.1. The van der Waals surface area contributed by atoms with Crippen molar-refractivity contribution < 1.29 is 27.6 Å². The predicted octanol–water partition coefficient (Wildman–Crippen LogP) is 2.46. The molecule has 3 amide bonds. The van der Waals surface area contributed by atoms with Gasteiger partial charge in [0.15, 0.2) is 0 Å². The van der Waals surface area contributed by atoms with Gasteiger partial charge < -0.3 is 25.4 Å². The molecule has 0 unspecified atom stereocenters. The molecule has 0 saturated carbocycles. The van der Waals surface area contributed by atoms with Crippen molar-refractivity contribution in [2.45, 2.75) is 44.1 Å². The molecule has 0 radical (unpaired) electrons. The van der Waals surface area contributed by atoms with Crippen LogP contribution in [0.4, 0.5) is 24.5 Å². The fourth-order valence-electron chi connectivity index (χ4n) is 5.42. The van der Waals surface area contributed by atoms with Gasteiger partial charge in [0, 0.05) is 30.9 Å². The average molecular weight is 531 g/mol. The molecule has 3 aliphatic heterocycles. The van der Waals surface area contributed by atoms with Crippen LogP contribution in [0, 0.1) is 0 Å². The van der Waals surface area contributed by atoms with E-state index >= 15 is 0 Å². The largest absolute Gasteiger partial charge is 0.405 e. The minimum atomic E-state index is -4.55. The summed E-state index contributed by atoms with van der Waals surface area (Å²) < 4.78 is 38.0. The number of fused-ring (bicyclic) bond motifs is 1. The molecule has 2 saturated heterocycles. The number of amides is 3. The number of nitrogens with one attached hydrogen (secondary N) is 3. The summed E-state index contributed by atoms with van der Waals surface area (Å²) in [6.07, 6.45) is -3.89. The number of nitrogens with zero attached hydrogens (tertiary/aromatic N) is 3. The fraction of sp³-hybridized carbons (Fsp3) is 0.423. The van der Waals surface area contributed by atoms with Gasteiger partial charge >= 0.3 is 6.18 Å². The summed E-state index contributed by atoms with van der Waals surface area (Å²) in [5.74, 6) is -1.31. The zero-order valence-corrected chi connectivity index (χ0v) is 20.8. The summed E-state index contributed by atoms with van der Waals surface area (Å²) in [6, 6.07) is 13.6. The number of benzene rings is 2. The Morgan fingerprint density at radius 2 is 1.82 bits per heavy atom. The third-order valence-corrected chi connectivity index (χ3v) is 7.58. The van der Waals surface area contributed by atoms with Crippen molar-refractivity contribution in [2.24, 2.45) is 0 Å². The summed E-state index contributed by atoms with van der Waals surface area (Å²) in [6.45, 7) is 1.29. The summed E-state index contributed by atoms with van der Waals surface area (Å²) in [5.41, 5.74) is 8.31. The molecule has 5 rings (SSSR count). The number of anilines is 2. The predicted molar refractivity (Wildman–Crippen MR) is 134 cm³/mol. The van der Waals surface area contributed by atoms with Gasteiger partial charge in [-0.05, 0) is 55.7 Å². The van der Waals surface area contributed by atoms with E-state index in [-0.39, 0.29) is 18.5 Å². The summed E-state index contributed by atoms with van der Waals surface area (Å²) in [5, 5.41) is 1.89. The number of carbonyl (C=O) groups excluding carboxylic acids is 3. The van der Waals surface area contributed by atoms with Crippen LogP contribution in [0.1, 0.15) is 35.7 Å². The van der Waals surface area contributed by atoms with Crippen LogP contribution < -0.4 is 21.1 Å². The van der Waals surface area contributed by atoms with Crippen molar-refractivity contribution in [1.29, 1.82) is 0 Å². The summed E-state index contributed by atoms with van der Waals surface area (Å²) >= 11 is 0. The minimum absolute atomic E-state index is 0.0578. The molecule has 1 atom stereocenters. The Labute approximate surface area is 217 Å². The summed E-state index contributed by atoms with van der Waals surface area (Å²) in [7, 11) is 0. The number of halogens is 3. The average Bonchev–Trinajstić information content (AvgIpc) is 3.49. The highest BCUT2D eigenvalue weighted by molar-refractivity contribution is 5.98. The van der Waals surface area contributed by atoms with Crippen LogP contribution in [0.15, 0.2) is 48.5 Å². The van der Waals surface area contributed by atoms with Crippen molar-refractivity contribution >= 4 is 29.1 Å². The number of piperidine rings is 1. The highest BCUT2D eigenvalue weighted by Gasteiger charge is 2.55. The van der Waals surface area contributed by atoms with Gasteiger partial charge in [0.25, 0.3) is 11.8 Å². The normalized spacial score (nSPS) is 19.4. The van der Waals surface area contributed by atoms with Gasteiger partial charge in [-0.15, -0.1) is 0 Å². The SMILES string of the molecule is C[C@@H](C(=O)NCC(F)(F)F)N1CN(c2ccccc2)C2(CCN(C(=O)c3ccc4c(c3)CNN4)CC2)C1=O. The Morgan fingerprint density at radius 1 is 1.11 bits per heavy atom. The molecule has 0 aromatic heterocycles. The standard InChI is InChI=1S/C26H29F3N6O3/c1-17(22(36)30-15-26(27,28)29)34-16-35(20-5-3-2-4-6-20)25(24(34)38)9-11-33(12-10-25)23(37)18-7-8-21-19(13-18)14-31-32-21/h2-8,13,17,31-32H,9-12,14-16H2,1H3,(H,30,36)/t17-/m0/s1. The van der Waals surface area contributed by atoms with Gasteiger partial charge in [-0.1, -0.05) is 18.2 Å². The Morgan fingerprint density at radius 3 is 2.50 bits per heavy atom. The number of rotatable bonds is 5. The molecule has 0 aliphatic carbocycles. The van der Waals surface area contributed by atoms with E-state index in [1.54, 1.807) is 11.0 Å². The first kappa shape index (κ1) is 25.8. The van der Waals surface area contributed by atoms with Crippen LogP contribution in [0.2, 0.25) is 0 Å². The molecule has 3 heterocycles. The number of hydrazine groups is 1. The number of hydrogen-bond donors (Lipinski definition) is 3. The molecule has 2 aromatic rings. The molecule has 0 bridgehead atoms. The lowest BCUT2D eigenvalue weighted by Gasteiger charge is -2.43. The van der Waals surface area contributed by atoms with Gasteiger partial charge in [-0.3, -0.25) is 14.4 Å². The molecule has 2 aromatic carbocycles. The molecule has 202 valence electrons. The number of carbonyl (C=O) groups is 3. The third kappa shape index (κ3) is 4.75. The van der Waals surface area contributed by atoms with Crippen LogP contribution in [-0.4, -0.2) is 71.6 Å². The quantitative estimate of drug-likeness (QED) is 0.550. The van der Waals surface area contributed by atoms with Gasteiger partial charge in [-0.25, -0.2) is 5.43 Å². The van der Waals surface area contributed by atoms with E-state index < -0.39 is 30.2 Å². The smallest absolute Gasteiger partial charge is 0.345 e. The lowest BCUT2D eigenvalue weighted by atomic mass is 9.85. The second-order valence-electron chi connectivity index (χ2n) is 9.86. The van der Waals surface area contributed by atoms with E-state index in [4.69, 9.17) is 0 Å². The highest BCUT2D eigenvalue weighted by atomic mass is 19.4. The molecule has 3 aliphatic rings. The maximum absolute atomic E-state index is 13.9. The Hall–Kier alpha value is -3.80. The number of likely N-dealkylation sites (tertiary alicyclic amines) is 1. The lowest BCUT2D eigenvalue weighted by molar-refractivity contribution is -0.145. The first-order chi connectivity index (χ1) is 18.1. The van der Waals surface area contributed by atoms with Crippen molar-refractivity contribution in [3.05, 3.63) is 59.7 Å². The zero-order valence-electron chi connectivity index (χ0n) is 20.8. The van der Waals surface area contributed by atoms with Crippen LogP contribution in [0.3, 0.4) is 0 Å². The van der Waals surface area contributed by atoms with Gasteiger partial charge in [0.1, 0.15) is 18.1 Å². The van der Waals surface area contributed by atoms with E-state index in [1.807, 2.05) is 52.7 Å². The second-order valence-corrected chi connectivity index (χ2v) is 9.86. The topological polar surface area (TPSA) is 97.0 Å². The maximum Gasteiger partial charge on any atom is 0.405 e. The Balaban J connectivity index is 1.35. The highest BCUT2D eigenvalue weighted by Crippen LogP contribution is 2.40. The molecule has 1 spiro atoms. The fourth-order valence-corrected chi connectivity index (χ4v) is 5.42. The van der Waals surface area contributed by atoms with E-state index in [0.717, 1.165) is 16.9 Å². The molecule has 3 N–H and O–H groups in total. The second kappa shape index (κ2) is 9.82. The van der Waals surface area contributed by atoms with Crippen LogP contribution >= 0.6 is 0 Å². The number of alkyl halides is 3. The summed E-state index contributed by atoms with van der Waals surface area (Å²) in [4.78, 5) is 44.6. The van der Waals surface area contributed by atoms with Crippen molar-refractivity contribution in [2.75, 3.05) is 36.6 Å². The third-order valence-electron chi connectivity index (χ3n) is 7.58.